The van der Waals surface area contributed by atoms with E-state index in [0.29, 0.717) is 6.42 Å². The van der Waals surface area contributed by atoms with Crippen LogP contribution in [0.5, 0.6) is 0 Å². The molecular formula is C22H17O2Si. The number of carbonyl (C=O) groups excluding carboxylic acids is 1. The van der Waals surface area contributed by atoms with Crippen LogP contribution in [0, 0.1) is 11.5 Å². The fraction of sp³-hybridized carbons (Fsp3) is 0.136. The third-order valence-electron chi connectivity index (χ3n) is 4.36. The summed E-state index contributed by atoms with van der Waals surface area (Å²) in [4.78, 5) is 12.7. The molecule has 0 bridgehead atoms. The second-order valence-electron chi connectivity index (χ2n) is 5.87. The SMILES string of the molecule is COC(=O)C(C#C[Si])(Cc1ccc2ccccc2c1)c1ccccc1. The van der Waals surface area contributed by atoms with Crippen molar-refractivity contribution in [1.82, 2.24) is 0 Å². The van der Waals surface area contributed by atoms with Gasteiger partial charge in [-0.25, -0.2) is 0 Å². The van der Waals surface area contributed by atoms with Gasteiger partial charge in [-0.2, -0.15) is 0 Å². The summed E-state index contributed by atoms with van der Waals surface area (Å²) >= 11 is 0. The molecule has 0 saturated heterocycles. The number of benzene rings is 3. The van der Waals surface area contributed by atoms with Gasteiger partial charge in [0.25, 0.3) is 0 Å². The van der Waals surface area contributed by atoms with E-state index in [1.807, 2.05) is 48.5 Å². The molecule has 0 aliphatic heterocycles. The molecule has 0 spiro atoms. The van der Waals surface area contributed by atoms with Gasteiger partial charge in [-0.1, -0.05) is 78.7 Å². The van der Waals surface area contributed by atoms with Crippen LogP contribution >= 0.6 is 0 Å². The number of rotatable bonds is 4. The van der Waals surface area contributed by atoms with E-state index in [1.165, 1.54) is 12.5 Å². The number of carbonyl (C=O) groups is 1. The summed E-state index contributed by atoms with van der Waals surface area (Å²) in [6, 6.07) is 23.9. The molecule has 3 heteroatoms. The molecule has 25 heavy (non-hydrogen) atoms. The zero-order chi connectivity index (χ0) is 17.7. The molecule has 3 radical (unpaired) electrons. The normalized spacial score (nSPS) is 12.7. The van der Waals surface area contributed by atoms with Crippen LogP contribution in [0.25, 0.3) is 10.8 Å². The standard InChI is InChI=1S/C22H17O2Si/c1-24-21(23)22(13-14-25,20-9-3-2-4-10-20)16-17-11-12-18-7-5-6-8-19(18)15-17/h2-12,15H,16H2,1H3. The first-order valence-electron chi connectivity index (χ1n) is 8.00. The first-order chi connectivity index (χ1) is 12.2. The van der Waals surface area contributed by atoms with Crippen molar-refractivity contribution >= 4 is 27.0 Å². The van der Waals surface area contributed by atoms with E-state index in [2.05, 4.69) is 46.0 Å². The highest BCUT2D eigenvalue weighted by Gasteiger charge is 2.40. The van der Waals surface area contributed by atoms with Crippen LogP contribution in [0.15, 0.2) is 72.8 Å². The number of methoxy groups -OCH3 is 1. The summed E-state index contributed by atoms with van der Waals surface area (Å²) in [6.45, 7) is 0. The summed E-state index contributed by atoms with van der Waals surface area (Å²) < 4.78 is 5.12. The van der Waals surface area contributed by atoms with Gasteiger partial charge in [0, 0.05) is 6.42 Å². The van der Waals surface area contributed by atoms with Crippen LogP contribution in [0.4, 0.5) is 0 Å². The Bertz CT molecular complexity index is 954. The lowest BCUT2D eigenvalue weighted by Crippen LogP contribution is -2.38. The lowest BCUT2D eigenvalue weighted by atomic mass is 9.76. The smallest absolute Gasteiger partial charge is 0.328 e. The fourth-order valence-corrected chi connectivity index (χ4v) is 3.33. The summed E-state index contributed by atoms with van der Waals surface area (Å²) in [6.07, 6.45) is 0.437. The summed E-state index contributed by atoms with van der Waals surface area (Å²) in [5, 5.41) is 2.30. The average molecular weight is 341 g/mol. The lowest BCUT2D eigenvalue weighted by Gasteiger charge is -2.26. The van der Waals surface area contributed by atoms with Gasteiger partial charge in [0.15, 0.2) is 5.41 Å². The largest absolute Gasteiger partial charge is 0.468 e. The van der Waals surface area contributed by atoms with E-state index in [-0.39, 0.29) is 5.97 Å². The highest BCUT2D eigenvalue weighted by atomic mass is 28.1. The molecule has 2 nitrogen and oxygen atoms in total. The minimum absolute atomic E-state index is 0.363. The Labute approximate surface area is 151 Å². The first-order valence-corrected chi connectivity index (χ1v) is 8.50. The molecule has 0 heterocycles. The Balaban J connectivity index is 2.12. The molecule has 1 unspecified atom stereocenters. The predicted molar refractivity (Wildman–Crippen MR) is 101 cm³/mol. The second kappa shape index (κ2) is 7.37. The van der Waals surface area contributed by atoms with Crippen LogP contribution in [-0.2, 0) is 21.4 Å². The topological polar surface area (TPSA) is 26.3 Å². The molecule has 121 valence electrons. The molecule has 0 fully saturated rings. The molecule has 0 aliphatic carbocycles. The third-order valence-corrected chi connectivity index (χ3v) is 4.48. The van der Waals surface area contributed by atoms with Crippen LogP contribution in [0.2, 0.25) is 0 Å². The first kappa shape index (κ1) is 17.0. The summed E-state index contributed by atoms with van der Waals surface area (Å²) in [5.41, 5.74) is 3.53. The van der Waals surface area contributed by atoms with Crippen molar-refractivity contribution in [2.45, 2.75) is 11.8 Å². The fourth-order valence-electron chi connectivity index (χ4n) is 3.12. The molecule has 3 aromatic rings. The zero-order valence-corrected chi connectivity index (χ0v) is 15.0. The van der Waals surface area contributed by atoms with Crippen LogP contribution in [0.1, 0.15) is 11.1 Å². The Kier molecular flexibility index (Phi) is 5.02. The number of esters is 1. The molecule has 0 N–H and O–H groups in total. The van der Waals surface area contributed by atoms with Gasteiger partial charge in [0.05, 0.1) is 7.11 Å². The Morgan fingerprint density at radius 2 is 1.68 bits per heavy atom. The van der Waals surface area contributed by atoms with Gasteiger partial charge in [-0.15, -0.1) is 5.54 Å². The second-order valence-corrected chi connectivity index (χ2v) is 6.12. The van der Waals surface area contributed by atoms with Crippen LogP contribution in [-0.4, -0.2) is 23.3 Å². The molecule has 0 saturated carbocycles. The van der Waals surface area contributed by atoms with Gasteiger partial charge in [0.2, 0.25) is 0 Å². The van der Waals surface area contributed by atoms with Crippen molar-refractivity contribution in [2.24, 2.45) is 0 Å². The molecule has 1 atom stereocenters. The molecule has 0 amide bonds. The van der Waals surface area contributed by atoms with E-state index in [0.717, 1.165) is 16.5 Å². The highest BCUT2D eigenvalue weighted by Crippen LogP contribution is 2.31. The maximum Gasteiger partial charge on any atom is 0.328 e. The Hall–Kier alpha value is -2.83. The number of hydrogen-bond donors (Lipinski definition) is 0. The molecule has 0 aromatic heterocycles. The van der Waals surface area contributed by atoms with Crippen molar-refractivity contribution in [3.8, 4) is 11.5 Å². The monoisotopic (exact) mass is 341 g/mol. The van der Waals surface area contributed by atoms with E-state index < -0.39 is 5.41 Å². The molecule has 3 aromatic carbocycles. The van der Waals surface area contributed by atoms with Gasteiger partial charge >= 0.3 is 5.97 Å². The van der Waals surface area contributed by atoms with E-state index >= 15 is 0 Å². The maximum atomic E-state index is 12.7. The van der Waals surface area contributed by atoms with E-state index in [1.54, 1.807) is 0 Å². The predicted octanol–water partition coefficient (Wildman–Crippen LogP) is 3.62. The minimum Gasteiger partial charge on any atom is -0.468 e. The quantitative estimate of drug-likeness (QED) is 0.412. The van der Waals surface area contributed by atoms with Gasteiger partial charge < -0.3 is 4.74 Å². The summed E-state index contributed by atoms with van der Waals surface area (Å²) in [7, 11) is 4.62. The van der Waals surface area contributed by atoms with Crippen molar-refractivity contribution in [3.05, 3.63) is 83.9 Å². The molecular weight excluding hydrogens is 324 g/mol. The van der Waals surface area contributed by atoms with Gasteiger partial charge in [0.1, 0.15) is 10.2 Å². The Morgan fingerprint density at radius 1 is 1.00 bits per heavy atom. The highest BCUT2D eigenvalue weighted by molar-refractivity contribution is 6.22. The van der Waals surface area contributed by atoms with E-state index in [4.69, 9.17) is 4.74 Å². The third kappa shape index (κ3) is 3.35. The van der Waals surface area contributed by atoms with Crippen LogP contribution < -0.4 is 0 Å². The summed E-state index contributed by atoms with van der Waals surface area (Å²) in [5.74, 6) is 2.69. The van der Waals surface area contributed by atoms with Crippen molar-refractivity contribution in [3.63, 3.8) is 0 Å². The average Bonchev–Trinajstić information content (AvgIpc) is 2.67. The Morgan fingerprint density at radius 3 is 2.36 bits per heavy atom. The van der Waals surface area contributed by atoms with Crippen molar-refractivity contribution in [2.75, 3.05) is 7.11 Å². The van der Waals surface area contributed by atoms with Gasteiger partial charge in [-0.05, 0) is 21.9 Å². The maximum absolute atomic E-state index is 12.7. The zero-order valence-electron chi connectivity index (χ0n) is 14.0. The minimum atomic E-state index is -1.06. The van der Waals surface area contributed by atoms with E-state index in [9.17, 15) is 4.79 Å². The number of fused-ring (bicyclic) bond motifs is 1. The van der Waals surface area contributed by atoms with Crippen LogP contribution in [0.3, 0.4) is 0 Å². The van der Waals surface area contributed by atoms with Crippen molar-refractivity contribution in [1.29, 1.82) is 0 Å². The number of ether oxygens (including phenoxy) is 1. The van der Waals surface area contributed by atoms with Crippen molar-refractivity contribution < 1.29 is 9.53 Å². The lowest BCUT2D eigenvalue weighted by molar-refractivity contribution is -0.145. The molecule has 0 aliphatic rings. The van der Waals surface area contributed by atoms with Gasteiger partial charge in [-0.3, -0.25) is 4.79 Å². The molecule has 3 rings (SSSR count). The number of hydrogen-bond acceptors (Lipinski definition) is 2.